The van der Waals surface area contributed by atoms with Crippen LogP contribution in [0.4, 0.5) is 10.1 Å². The average Bonchev–Trinajstić information content (AvgIpc) is 1.10. The van der Waals surface area contributed by atoms with E-state index >= 15 is 0 Å². The Hall–Kier alpha value is -15.1. The van der Waals surface area contributed by atoms with Crippen molar-refractivity contribution in [2.45, 2.75) is 64.3 Å². The number of aryl methyl sites for hydroxylation is 2. The van der Waals surface area contributed by atoms with Gasteiger partial charge < -0.3 is 73.1 Å². The first kappa shape index (κ1) is 99.4. The lowest BCUT2D eigenvalue weighted by atomic mass is 9.90. The van der Waals surface area contributed by atoms with Crippen LogP contribution in [-0.2, 0) is 0 Å². The molecule has 0 radical (unpaired) electrons. The van der Waals surface area contributed by atoms with Crippen molar-refractivity contribution < 1.29 is 52.1 Å². The monoisotopic (exact) mass is 1930 g/mol. The summed E-state index contributed by atoms with van der Waals surface area (Å²) in [7, 11) is 18.5. The second-order valence-electron chi connectivity index (χ2n) is 36.3. The molecule has 0 saturated carbocycles. The third-order valence-electron chi connectivity index (χ3n) is 27.5. The molecule has 6 aliphatic rings. The number of hydrogen-bond donors (Lipinski definition) is 3. The first-order valence-corrected chi connectivity index (χ1v) is 48.0. The van der Waals surface area contributed by atoms with Crippen LogP contribution < -0.4 is 86.0 Å². The molecule has 3 saturated heterocycles. The van der Waals surface area contributed by atoms with Gasteiger partial charge >= 0.3 is 0 Å². The molecular weight excluding hydrogens is 1810 g/mol. The zero-order valence-electron chi connectivity index (χ0n) is 82.9. The van der Waals surface area contributed by atoms with Gasteiger partial charge in [0.15, 0.2) is 57.6 Å². The van der Waals surface area contributed by atoms with Crippen molar-refractivity contribution in [3.63, 3.8) is 0 Å². The van der Waals surface area contributed by atoms with Crippen LogP contribution in [0, 0.1) is 25.6 Å². The maximum atomic E-state index is 14.1. The lowest BCUT2D eigenvalue weighted by molar-refractivity contribution is 0.208. The fourth-order valence-electron chi connectivity index (χ4n) is 19.5. The number of aromatic nitrogens is 9. The molecule has 31 heteroatoms. The number of benzene rings is 5. The second kappa shape index (κ2) is 44.8. The predicted octanol–water partition coefficient (Wildman–Crippen LogP) is 15.0. The van der Waals surface area contributed by atoms with Crippen molar-refractivity contribution in [1.82, 2.24) is 67.3 Å². The van der Waals surface area contributed by atoms with Crippen molar-refractivity contribution in [2.75, 3.05) is 168 Å². The summed E-state index contributed by atoms with van der Waals surface area (Å²) >= 11 is 0. The van der Waals surface area contributed by atoms with E-state index in [-0.39, 0.29) is 40.2 Å². The molecule has 0 amide bonds. The van der Waals surface area contributed by atoms with Crippen LogP contribution in [0.1, 0.15) is 77.8 Å². The van der Waals surface area contributed by atoms with Gasteiger partial charge in [0.1, 0.15) is 22.6 Å². The lowest BCUT2D eigenvalue weighted by Gasteiger charge is -2.25. The Morgan fingerprint density at radius 1 is 0.385 bits per heavy atom. The highest BCUT2D eigenvalue weighted by Crippen LogP contribution is 2.40. The number of aliphatic hydroxyl groups is 1. The number of ether oxygens (including phenoxy) is 9. The number of nitrogens with one attached hydrogen (secondary N) is 2. The van der Waals surface area contributed by atoms with E-state index in [9.17, 15) is 28.4 Å². The number of rotatable bonds is 21. The fraction of sp³-hybridized carbons (Fsp3) is 0.312. The number of likely N-dealkylation sites (tertiary alicyclic amines) is 1. The summed E-state index contributed by atoms with van der Waals surface area (Å²) in [6.45, 7) is 15.6. The smallest absolute Gasteiger partial charge is 0.258 e. The highest BCUT2D eigenvalue weighted by Gasteiger charge is 2.40. The highest BCUT2D eigenvalue weighted by molar-refractivity contribution is 5.77. The van der Waals surface area contributed by atoms with E-state index in [0.29, 0.717) is 121 Å². The summed E-state index contributed by atoms with van der Waals surface area (Å²) in [5.41, 5.74) is 21.0. The van der Waals surface area contributed by atoms with Crippen LogP contribution in [0.25, 0.3) is 101 Å². The van der Waals surface area contributed by atoms with E-state index in [1.54, 1.807) is 115 Å². The van der Waals surface area contributed by atoms with Gasteiger partial charge in [-0.2, -0.15) is 0 Å². The van der Waals surface area contributed by atoms with E-state index in [0.717, 1.165) is 164 Å². The van der Waals surface area contributed by atoms with Crippen LogP contribution in [0.15, 0.2) is 249 Å². The van der Waals surface area contributed by atoms with Crippen molar-refractivity contribution in [1.29, 1.82) is 0 Å². The SMILES string of the molecule is COc1ccc(-c2cc(=O)n3cc(C4=CCN(C)CC4)ccc3c2)cc1OC.COc1ccc(-c2cc(=O)n3cc(C4=CCN(CCO)CC4)ccc3n2)cc1OC.COc1ccc(-c2cc(=O)n3cc(C4=CCNCC4)cc(C)c3n2)cc1OC.COc1ccc(-c2cc(=O)n3cc(C4CCNCC4)cc(C)c3n2)cc1OC.COc1ccc(-c2cc(=O)n3cc(N4C[C@H]5CCN(C)[C@H]5C4)ccc3n2)cc1F. The molecule has 0 spiro atoms. The van der Waals surface area contributed by atoms with Gasteiger partial charge in [-0.05, 0) is 293 Å². The van der Waals surface area contributed by atoms with Crippen LogP contribution in [0.5, 0.6) is 51.7 Å². The van der Waals surface area contributed by atoms with Crippen LogP contribution in [0.3, 0.4) is 0 Å². The molecule has 21 rings (SSSR count). The number of anilines is 1. The number of β-amino-alcohol motifs (C(OH)–C–C–N with tert-alkyl or cyclic N) is 1. The van der Waals surface area contributed by atoms with Crippen LogP contribution in [0.2, 0.25) is 0 Å². The normalized spacial score (nSPS) is 16.0. The number of halogens is 1. The second-order valence-corrected chi connectivity index (χ2v) is 36.3. The van der Waals surface area contributed by atoms with Gasteiger partial charge in [-0.25, -0.2) is 24.3 Å². The van der Waals surface area contributed by atoms with Crippen molar-refractivity contribution in [3.05, 3.63) is 316 Å². The van der Waals surface area contributed by atoms with Gasteiger partial charge in [-0.1, -0.05) is 36.4 Å². The van der Waals surface area contributed by atoms with Crippen LogP contribution in [-0.4, -0.2) is 231 Å². The molecule has 143 heavy (non-hydrogen) atoms. The lowest BCUT2D eigenvalue weighted by Crippen LogP contribution is -2.32. The molecule has 2 atom stereocenters. The average molecular weight is 1940 g/mol. The Morgan fingerprint density at radius 3 is 1.36 bits per heavy atom. The standard InChI is InChI=1S/C23H25N3O4.C23H24N2O3.C22H23FN4O2.C22H25N3O3.C22H23N3O3/c1-29-20-5-3-17(13-21(20)30-2)19-14-23(28)26-15-18(4-6-22(26)24-19)16-7-9-25(10-8-16)11-12-27;1-24-10-8-16(9-11-24)18-4-6-20-12-19(14-23(26)25(20)15-18)17-5-7-21(27-2)22(13-17)28-3;1-25-8-7-15-11-26(13-19(15)25)16-4-6-21-24-18(10-22(28)27(21)12-16)14-3-5-20(29-2)17(23)9-14;2*1-14-10-17(15-6-8-23-9-7-15)13-25-21(26)12-18(24-22(14)25)16-4-5-19(27-2)20(11-16)28-3/h3-7,13-15,27H,8-12H2,1-2H3;4-8,12-15H,9-11H2,1-3H3;3-6,9-10,12,15,19H,7-8,11,13H2,1-2H3;4-5,10-13,15,23H,6-9H2,1-3H3;4-6,10-13,23H,7-9H2,1-3H3/t;;15-,19+;;/m..1../s1. The summed E-state index contributed by atoms with van der Waals surface area (Å²) in [6.07, 6.45) is 22.4. The van der Waals surface area contributed by atoms with E-state index < -0.39 is 5.82 Å². The molecule has 10 aromatic heterocycles. The van der Waals surface area contributed by atoms with Gasteiger partial charge in [-0.15, -0.1) is 0 Å². The number of piperidine rings is 1. The summed E-state index contributed by atoms with van der Waals surface area (Å²) in [5, 5.41) is 15.8. The molecule has 5 aromatic carbocycles. The zero-order chi connectivity index (χ0) is 100. The Bertz CT molecular complexity index is 7700. The molecular formula is C112H120FN15O15. The minimum atomic E-state index is -0.480. The molecule has 3 N–H and O–H groups in total. The summed E-state index contributed by atoms with van der Waals surface area (Å²) in [4.78, 5) is 92.2. The largest absolute Gasteiger partial charge is 0.494 e. The Kier molecular flexibility index (Phi) is 31.1. The number of aliphatic hydroxyl groups excluding tert-OH is 1. The maximum absolute atomic E-state index is 14.1. The van der Waals surface area contributed by atoms with Crippen LogP contribution >= 0.6 is 0 Å². The Balaban J connectivity index is 0.000000123. The molecule has 15 aromatic rings. The van der Waals surface area contributed by atoms with Crippen molar-refractivity contribution >= 4 is 50.5 Å². The fourth-order valence-corrected chi connectivity index (χ4v) is 19.5. The van der Waals surface area contributed by atoms with Gasteiger partial charge in [0, 0.05) is 147 Å². The number of likely N-dealkylation sites (N-methyl/N-ethyl adjacent to an activating group) is 2. The highest BCUT2D eigenvalue weighted by atomic mass is 19.1. The van der Waals surface area contributed by atoms with Gasteiger partial charge in [0.25, 0.3) is 27.8 Å². The minimum Gasteiger partial charge on any atom is -0.494 e. The first-order chi connectivity index (χ1) is 69.4. The molecule has 0 aliphatic carbocycles. The third kappa shape index (κ3) is 22.2. The molecule has 0 bridgehead atoms. The first-order valence-electron chi connectivity index (χ1n) is 48.0. The predicted molar refractivity (Wildman–Crippen MR) is 558 cm³/mol. The summed E-state index contributed by atoms with van der Waals surface area (Å²) < 4.78 is 69.9. The molecule has 16 heterocycles. The summed E-state index contributed by atoms with van der Waals surface area (Å²) in [6, 6.07) is 53.4. The van der Waals surface area contributed by atoms with Gasteiger partial charge in [-0.3, -0.25) is 50.9 Å². The maximum Gasteiger partial charge on any atom is 0.258 e. The Labute approximate surface area is 827 Å². The third-order valence-corrected chi connectivity index (χ3v) is 27.5. The molecule has 0 unspecified atom stereocenters. The Morgan fingerprint density at radius 2 is 0.846 bits per heavy atom. The topological polar surface area (TPSA) is 299 Å². The quantitative estimate of drug-likeness (QED) is 0.0602. The van der Waals surface area contributed by atoms with Crippen molar-refractivity contribution in [2.24, 2.45) is 5.92 Å². The summed E-state index contributed by atoms with van der Waals surface area (Å²) in [5.74, 6) is 5.89. The molecule has 740 valence electrons. The zero-order valence-corrected chi connectivity index (χ0v) is 82.9. The molecule has 3 fully saturated rings. The minimum absolute atomic E-state index is 0.0438. The molecule has 6 aliphatic heterocycles. The van der Waals surface area contributed by atoms with E-state index in [4.69, 9.17) is 57.7 Å². The van der Waals surface area contributed by atoms with E-state index in [1.165, 1.54) is 60.6 Å². The number of hydrogen-bond acceptors (Lipinski definition) is 25. The van der Waals surface area contributed by atoms with Gasteiger partial charge in [0.05, 0.1) is 99.1 Å². The number of fused-ring (bicyclic) bond motifs is 6. The van der Waals surface area contributed by atoms with E-state index in [1.807, 2.05) is 148 Å². The van der Waals surface area contributed by atoms with Gasteiger partial charge in [0.2, 0.25) is 0 Å². The number of nitrogens with zero attached hydrogens (tertiary/aromatic N) is 13. The van der Waals surface area contributed by atoms with E-state index in [2.05, 4.69) is 90.7 Å². The number of methoxy groups -OCH3 is 9. The number of pyridine rings is 6. The van der Waals surface area contributed by atoms with Crippen molar-refractivity contribution in [3.8, 4) is 108 Å². The molecule has 30 nitrogen and oxygen atoms in total.